The first kappa shape index (κ1) is 16.1. The number of hydrogen-bond donors (Lipinski definition) is 4. The number of ether oxygens (including phenoxy) is 1. The second-order valence-electron chi connectivity index (χ2n) is 5.73. The van der Waals surface area contributed by atoms with Gasteiger partial charge in [-0.25, -0.2) is 15.0 Å². The summed E-state index contributed by atoms with van der Waals surface area (Å²) in [5.74, 6) is 0.606. The first-order valence-electron chi connectivity index (χ1n) is 7.63. The van der Waals surface area contributed by atoms with E-state index in [0.29, 0.717) is 17.0 Å². The van der Waals surface area contributed by atoms with Gasteiger partial charge in [-0.15, -0.1) is 0 Å². The number of fused-ring (bicyclic) bond motifs is 1. The van der Waals surface area contributed by atoms with Gasteiger partial charge in [0.1, 0.15) is 24.6 Å². The average molecular weight is 323 g/mol. The van der Waals surface area contributed by atoms with E-state index in [1.54, 1.807) is 4.57 Å². The van der Waals surface area contributed by atoms with Crippen molar-refractivity contribution < 1.29 is 20.1 Å². The Morgan fingerprint density at radius 3 is 2.74 bits per heavy atom. The Kier molecular flexibility index (Phi) is 4.44. The third kappa shape index (κ3) is 2.76. The highest BCUT2D eigenvalue weighted by atomic mass is 16.6. The number of hydrogen-bond acceptors (Lipinski definition) is 8. The molecule has 1 aliphatic heterocycles. The van der Waals surface area contributed by atoms with Gasteiger partial charge < -0.3 is 25.4 Å². The molecule has 0 radical (unpaired) electrons. The van der Waals surface area contributed by atoms with Gasteiger partial charge >= 0.3 is 0 Å². The van der Waals surface area contributed by atoms with Gasteiger partial charge in [0.25, 0.3) is 0 Å². The van der Waals surface area contributed by atoms with Gasteiger partial charge in [-0.2, -0.15) is 0 Å². The van der Waals surface area contributed by atoms with E-state index in [2.05, 4.69) is 27.2 Å². The molecule has 4 N–H and O–H groups in total. The third-order valence-electron chi connectivity index (χ3n) is 4.15. The summed E-state index contributed by atoms with van der Waals surface area (Å²) in [5, 5.41) is 32.5. The van der Waals surface area contributed by atoms with Gasteiger partial charge in [0, 0.05) is 6.04 Å². The fraction of sp³-hybridized carbons (Fsp3) is 0.643. The average Bonchev–Trinajstić information content (AvgIpc) is 3.10. The minimum atomic E-state index is -1.18. The number of rotatable bonds is 5. The van der Waals surface area contributed by atoms with Crippen LogP contribution >= 0.6 is 0 Å². The lowest BCUT2D eigenvalue weighted by molar-refractivity contribution is -0.0511. The summed E-state index contributed by atoms with van der Waals surface area (Å²) in [4.78, 5) is 12.7. The summed E-state index contributed by atoms with van der Waals surface area (Å²) in [7, 11) is 0. The normalized spacial score (nSPS) is 29.1. The lowest BCUT2D eigenvalue weighted by Gasteiger charge is -2.17. The number of aliphatic hydroxyl groups excluding tert-OH is 3. The molecule has 1 aliphatic rings. The molecule has 0 aromatic carbocycles. The van der Waals surface area contributed by atoms with Crippen molar-refractivity contribution in [1.82, 2.24) is 19.5 Å². The van der Waals surface area contributed by atoms with E-state index in [4.69, 9.17) is 4.74 Å². The van der Waals surface area contributed by atoms with E-state index in [9.17, 15) is 15.3 Å². The Hall–Kier alpha value is -1.81. The molecule has 0 saturated carbocycles. The molecular formula is C14H21N5O4. The van der Waals surface area contributed by atoms with E-state index in [1.165, 1.54) is 12.7 Å². The number of imidazole rings is 1. The lowest BCUT2D eigenvalue weighted by Crippen LogP contribution is -2.33. The maximum absolute atomic E-state index is 10.1. The Morgan fingerprint density at radius 2 is 2.09 bits per heavy atom. The van der Waals surface area contributed by atoms with Crippen LogP contribution in [0.2, 0.25) is 0 Å². The summed E-state index contributed by atoms with van der Waals surface area (Å²) in [6.07, 6.45) is -0.215. The van der Waals surface area contributed by atoms with Gasteiger partial charge in [0.2, 0.25) is 0 Å². The van der Waals surface area contributed by atoms with Crippen molar-refractivity contribution >= 4 is 17.0 Å². The molecule has 0 bridgehead atoms. The Morgan fingerprint density at radius 1 is 1.30 bits per heavy atom. The molecule has 9 nitrogen and oxygen atoms in total. The molecule has 5 atom stereocenters. The van der Waals surface area contributed by atoms with E-state index in [1.807, 2.05) is 6.92 Å². The minimum Gasteiger partial charge on any atom is -0.394 e. The van der Waals surface area contributed by atoms with Crippen LogP contribution in [-0.2, 0) is 4.74 Å². The molecule has 2 aromatic heterocycles. The van der Waals surface area contributed by atoms with Crippen molar-refractivity contribution in [2.24, 2.45) is 0 Å². The SMILES string of the molecule is CC[C@H](C)Nc1ncnc2c1ncn2[C@@H]1O[C@H](CO)[C@@H](O)[C@H]1O. The van der Waals surface area contributed by atoms with Crippen molar-refractivity contribution in [3.63, 3.8) is 0 Å². The topological polar surface area (TPSA) is 126 Å². The fourth-order valence-corrected chi connectivity index (χ4v) is 2.59. The van der Waals surface area contributed by atoms with Gasteiger partial charge in [0.15, 0.2) is 23.2 Å². The molecule has 9 heteroatoms. The van der Waals surface area contributed by atoms with Crippen molar-refractivity contribution in [1.29, 1.82) is 0 Å². The Bertz CT molecular complexity index is 678. The molecule has 3 heterocycles. The van der Waals surface area contributed by atoms with Gasteiger partial charge in [-0.1, -0.05) is 6.92 Å². The summed E-state index contributed by atoms with van der Waals surface area (Å²) >= 11 is 0. The second kappa shape index (κ2) is 6.36. The van der Waals surface area contributed by atoms with Crippen molar-refractivity contribution in [3.05, 3.63) is 12.7 Å². The number of aliphatic hydroxyl groups is 3. The van der Waals surface area contributed by atoms with Crippen LogP contribution in [0.1, 0.15) is 26.5 Å². The van der Waals surface area contributed by atoms with Crippen molar-refractivity contribution in [2.45, 2.75) is 50.8 Å². The van der Waals surface area contributed by atoms with Crippen LogP contribution in [0, 0.1) is 0 Å². The highest BCUT2D eigenvalue weighted by Crippen LogP contribution is 2.32. The van der Waals surface area contributed by atoms with Crippen LogP contribution in [0.5, 0.6) is 0 Å². The molecule has 3 rings (SSSR count). The molecule has 1 fully saturated rings. The molecule has 2 aromatic rings. The molecule has 0 spiro atoms. The van der Waals surface area contributed by atoms with Crippen LogP contribution in [0.3, 0.4) is 0 Å². The largest absolute Gasteiger partial charge is 0.394 e. The Labute approximate surface area is 133 Å². The molecule has 1 saturated heterocycles. The van der Waals surface area contributed by atoms with Gasteiger partial charge in [0.05, 0.1) is 12.9 Å². The minimum absolute atomic E-state index is 0.229. The van der Waals surface area contributed by atoms with Crippen LogP contribution in [0.4, 0.5) is 5.82 Å². The van der Waals surface area contributed by atoms with Crippen LogP contribution in [0.25, 0.3) is 11.2 Å². The molecule has 23 heavy (non-hydrogen) atoms. The number of anilines is 1. The number of nitrogens with zero attached hydrogens (tertiary/aromatic N) is 4. The molecular weight excluding hydrogens is 302 g/mol. The zero-order valence-electron chi connectivity index (χ0n) is 13.0. The fourth-order valence-electron chi connectivity index (χ4n) is 2.59. The van der Waals surface area contributed by atoms with E-state index >= 15 is 0 Å². The third-order valence-corrected chi connectivity index (χ3v) is 4.15. The zero-order chi connectivity index (χ0) is 16.6. The second-order valence-corrected chi connectivity index (χ2v) is 5.73. The van der Waals surface area contributed by atoms with Crippen LogP contribution in [-0.4, -0.2) is 65.8 Å². The highest BCUT2D eigenvalue weighted by molar-refractivity contribution is 5.82. The van der Waals surface area contributed by atoms with Crippen LogP contribution in [0.15, 0.2) is 12.7 Å². The zero-order valence-corrected chi connectivity index (χ0v) is 13.0. The monoisotopic (exact) mass is 323 g/mol. The number of nitrogens with one attached hydrogen (secondary N) is 1. The quantitative estimate of drug-likeness (QED) is 0.588. The Balaban J connectivity index is 1.96. The van der Waals surface area contributed by atoms with Gasteiger partial charge in [-0.3, -0.25) is 4.57 Å². The lowest BCUT2D eigenvalue weighted by atomic mass is 10.1. The summed E-state index contributed by atoms with van der Waals surface area (Å²) < 4.78 is 7.07. The van der Waals surface area contributed by atoms with E-state index < -0.39 is 24.5 Å². The van der Waals surface area contributed by atoms with E-state index in [-0.39, 0.29) is 12.6 Å². The highest BCUT2D eigenvalue weighted by Gasteiger charge is 2.44. The standard InChI is InChI=1S/C14H21N5O4/c1-3-7(2)18-12-9-13(16-5-15-12)19(6-17-9)14-11(22)10(21)8(4-20)23-14/h5-8,10-11,14,20-22H,3-4H2,1-2H3,(H,15,16,18)/t7-,8+,10+,11+,14+/m0/s1. The molecule has 0 amide bonds. The summed E-state index contributed by atoms with van der Waals surface area (Å²) in [6.45, 7) is 3.72. The first-order valence-corrected chi connectivity index (χ1v) is 7.63. The summed E-state index contributed by atoms with van der Waals surface area (Å²) in [6, 6.07) is 0.229. The smallest absolute Gasteiger partial charge is 0.167 e. The van der Waals surface area contributed by atoms with Crippen molar-refractivity contribution in [2.75, 3.05) is 11.9 Å². The molecule has 0 aliphatic carbocycles. The first-order chi connectivity index (χ1) is 11.1. The number of aromatic nitrogens is 4. The summed E-state index contributed by atoms with van der Waals surface area (Å²) in [5.41, 5.74) is 1.05. The predicted molar refractivity (Wildman–Crippen MR) is 81.7 cm³/mol. The predicted octanol–water partition coefficient (Wildman–Crippen LogP) is -0.352. The van der Waals surface area contributed by atoms with E-state index in [0.717, 1.165) is 6.42 Å². The van der Waals surface area contributed by atoms with Crippen LogP contribution < -0.4 is 5.32 Å². The van der Waals surface area contributed by atoms with Gasteiger partial charge in [-0.05, 0) is 13.3 Å². The maximum atomic E-state index is 10.1. The molecule has 126 valence electrons. The van der Waals surface area contributed by atoms with Crippen molar-refractivity contribution in [3.8, 4) is 0 Å². The maximum Gasteiger partial charge on any atom is 0.167 e. The molecule has 0 unspecified atom stereocenters.